The van der Waals surface area contributed by atoms with Crippen molar-refractivity contribution in [1.82, 2.24) is 4.90 Å². The van der Waals surface area contributed by atoms with Crippen LogP contribution in [0.2, 0.25) is 0 Å². The van der Waals surface area contributed by atoms with Crippen LogP contribution >= 0.6 is 0 Å². The molecule has 1 aromatic rings. The molecule has 1 saturated heterocycles. The van der Waals surface area contributed by atoms with E-state index in [9.17, 15) is 0 Å². The molecule has 84 valence electrons. The third-order valence-corrected chi connectivity index (χ3v) is 3.57. The molecule has 0 aliphatic carbocycles. The molecule has 2 heterocycles. The topological polar surface area (TPSA) is 42.4 Å². The smallest absolute Gasteiger partial charge is 0.0950 e. The maximum absolute atomic E-state index is 5.73. The van der Waals surface area contributed by atoms with Crippen molar-refractivity contribution in [2.24, 2.45) is 11.7 Å². The Balaban J connectivity index is 2.05. The number of nitrogens with two attached hydrogens (primary N) is 1. The maximum Gasteiger partial charge on any atom is 0.0950 e. The molecule has 1 aromatic heterocycles. The Labute approximate surface area is 91.2 Å². The monoisotopic (exact) mass is 208 g/mol. The number of hydrogen-bond acceptors (Lipinski definition) is 3. The summed E-state index contributed by atoms with van der Waals surface area (Å²) in [6.45, 7) is 6.44. The molecule has 0 radical (unpaired) electrons. The Bertz CT molecular complexity index is 297. The van der Waals surface area contributed by atoms with Gasteiger partial charge in [-0.1, -0.05) is 0 Å². The van der Waals surface area contributed by atoms with Crippen molar-refractivity contribution in [3.05, 3.63) is 24.2 Å². The minimum Gasteiger partial charge on any atom is -0.472 e. The van der Waals surface area contributed by atoms with E-state index in [4.69, 9.17) is 10.2 Å². The van der Waals surface area contributed by atoms with Crippen LogP contribution in [-0.4, -0.2) is 24.0 Å². The largest absolute Gasteiger partial charge is 0.472 e. The van der Waals surface area contributed by atoms with Crippen molar-refractivity contribution in [3.63, 3.8) is 0 Å². The Morgan fingerprint density at radius 2 is 2.47 bits per heavy atom. The second kappa shape index (κ2) is 4.37. The standard InChI is InChI=1S/C12H20N2O/c1-9-5-11(6-13)7-14(9)10(2)12-3-4-15-8-12/h3-4,8-11H,5-7,13H2,1-2H3. The number of rotatable bonds is 3. The van der Waals surface area contributed by atoms with Gasteiger partial charge in [-0.2, -0.15) is 0 Å². The molecule has 0 saturated carbocycles. The highest BCUT2D eigenvalue weighted by atomic mass is 16.3. The van der Waals surface area contributed by atoms with Crippen molar-refractivity contribution < 1.29 is 4.42 Å². The molecule has 1 fully saturated rings. The molecule has 15 heavy (non-hydrogen) atoms. The molecule has 0 aromatic carbocycles. The van der Waals surface area contributed by atoms with Gasteiger partial charge < -0.3 is 10.2 Å². The summed E-state index contributed by atoms with van der Waals surface area (Å²) in [5.74, 6) is 0.661. The van der Waals surface area contributed by atoms with Crippen LogP contribution in [0.5, 0.6) is 0 Å². The molecule has 2 N–H and O–H groups in total. The van der Waals surface area contributed by atoms with E-state index in [0.29, 0.717) is 18.0 Å². The first-order chi connectivity index (χ1) is 7.22. The zero-order valence-corrected chi connectivity index (χ0v) is 9.52. The van der Waals surface area contributed by atoms with E-state index in [1.165, 1.54) is 12.0 Å². The number of furan rings is 1. The highest BCUT2D eigenvalue weighted by Crippen LogP contribution is 2.31. The summed E-state index contributed by atoms with van der Waals surface area (Å²) in [5.41, 5.74) is 7.00. The van der Waals surface area contributed by atoms with E-state index >= 15 is 0 Å². The quantitative estimate of drug-likeness (QED) is 0.826. The van der Waals surface area contributed by atoms with Gasteiger partial charge in [0.1, 0.15) is 0 Å². The van der Waals surface area contributed by atoms with Gasteiger partial charge >= 0.3 is 0 Å². The highest BCUT2D eigenvalue weighted by Gasteiger charge is 2.31. The summed E-state index contributed by atoms with van der Waals surface area (Å²) in [6, 6.07) is 3.12. The Hall–Kier alpha value is -0.800. The van der Waals surface area contributed by atoms with Gasteiger partial charge in [-0.25, -0.2) is 0 Å². The lowest BCUT2D eigenvalue weighted by atomic mass is 10.1. The average molecular weight is 208 g/mol. The Kier molecular flexibility index (Phi) is 3.12. The Morgan fingerprint density at radius 1 is 1.67 bits per heavy atom. The molecule has 1 aliphatic heterocycles. The molecule has 0 amide bonds. The van der Waals surface area contributed by atoms with Gasteiger partial charge in [0.2, 0.25) is 0 Å². The summed E-state index contributed by atoms with van der Waals surface area (Å²) < 4.78 is 5.13. The zero-order chi connectivity index (χ0) is 10.8. The van der Waals surface area contributed by atoms with Gasteiger partial charge in [0.15, 0.2) is 0 Å². The van der Waals surface area contributed by atoms with E-state index < -0.39 is 0 Å². The van der Waals surface area contributed by atoms with Crippen LogP contribution in [0.3, 0.4) is 0 Å². The van der Waals surface area contributed by atoms with Crippen LogP contribution in [0.15, 0.2) is 23.0 Å². The molecular formula is C12H20N2O. The first-order valence-corrected chi connectivity index (χ1v) is 5.70. The first-order valence-electron chi connectivity index (χ1n) is 5.70. The van der Waals surface area contributed by atoms with Gasteiger partial charge in [0.25, 0.3) is 0 Å². The summed E-state index contributed by atoms with van der Waals surface area (Å²) in [5, 5.41) is 0. The summed E-state index contributed by atoms with van der Waals surface area (Å²) in [4.78, 5) is 2.52. The van der Waals surface area contributed by atoms with E-state index in [0.717, 1.165) is 13.1 Å². The number of hydrogen-bond donors (Lipinski definition) is 1. The molecule has 2 rings (SSSR count). The van der Waals surface area contributed by atoms with Gasteiger partial charge in [-0.3, -0.25) is 4.90 Å². The van der Waals surface area contributed by atoms with Gasteiger partial charge in [-0.15, -0.1) is 0 Å². The average Bonchev–Trinajstić information content (AvgIpc) is 2.85. The molecule has 1 aliphatic rings. The minimum absolute atomic E-state index is 0.440. The van der Waals surface area contributed by atoms with Crippen molar-refractivity contribution in [3.8, 4) is 0 Å². The SMILES string of the molecule is CC1CC(CN)CN1C(C)c1ccoc1. The molecule has 3 heteroatoms. The normalized spacial score (nSPS) is 29.5. The second-order valence-corrected chi connectivity index (χ2v) is 4.62. The molecule has 3 nitrogen and oxygen atoms in total. The molecular weight excluding hydrogens is 188 g/mol. The van der Waals surface area contributed by atoms with Crippen LogP contribution in [-0.2, 0) is 0 Å². The van der Waals surface area contributed by atoms with E-state index in [2.05, 4.69) is 18.7 Å². The molecule has 0 bridgehead atoms. The van der Waals surface area contributed by atoms with Crippen molar-refractivity contribution in [1.29, 1.82) is 0 Å². The maximum atomic E-state index is 5.73. The fourth-order valence-corrected chi connectivity index (χ4v) is 2.59. The van der Waals surface area contributed by atoms with Crippen molar-refractivity contribution in [2.75, 3.05) is 13.1 Å². The summed E-state index contributed by atoms with van der Waals surface area (Å²) in [7, 11) is 0. The zero-order valence-electron chi connectivity index (χ0n) is 9.52. The number of likely N-dealkylation sites (tertiary alicyclic amines) is 1. The third kappa shape index (κ3) is 2.08. The minimum atomic E-state index is 0.440. The molecule has 3 atom stereocenters. The second-order valence-electron chi connectivity index (χ2n) is 4.62. The predicted molar refractivity (Wildman–Crippen MR) is 60.5 cm³/mol. The van der Waals surface area contributed by atoms with Crippen LogP contribution < -0.4 is 5.73 Å². The van der Waals surface area contributed by atoms with Crippen molar-refractivity contribution >= 4 is 0 Å². The van der Waals surface area contributed by atoms with E-state index in [-0.39, 0.29) is 0 Å². The summed E-state index contributed by atoms with van der Waals surface area (Å²) in [6.07, 6.45) is 4.80. The Morgan fingerprint density at radius 3 is 3.00 bits per heavy atom. The molecule has 3 unspecified atom stereocenters. The molecule has 0 spiro atoms. The van der Waals surface area contributed by atoms with E-state index in [1.54, 1.807) is 6.26 Å². The fraction of sp³-hybridized carbons (Fsp3) is 0.667. The van der Waals surface area contributed by atoms with Gasteiger partial charge in [0, 0.05) is 24.2 Å². The summed E-state index contributed by atoms with van der Waals surface area (Å²) >= 11 is 0. The van der Waals surface area contributed by atoms with E-state index in [1.807, 2.05) is 12.3 Å². The highest BCUT2D eigenvalue weighted by molar-refractivity contribution is 5.11. The van der Waals surface area contributed by atoms with Crippen LogP contribution in [0, 0.1) is 5.92 Å². The predicted octanol–water partition coefficient (Wildman–Crippen LogP) is 2.01. The van der Waals surface area contributed by atoms with Crippen LogP contribution in [0.4, 0.5) is 0 Å². The van der Waals surface area contributed by atoms with Crippen LogP contribution in [0.25, 0.3) is 0 Å². The van der Waals surface area contributed by atoms with Crippen LogP contribution in [0.1, 0.15) is 31.9 Å². The van der Waals surface area contributed by atoms with Crippen molar-refractivity contribution in [2.45, 2.75) is 32.4 Å². The fourth-order valence-electron chi connectivity index (χ4n) is 2.59. The lowest BCUT2D eigenvalue weighted by molar-refractivity contribution is 0.200. The third-order valence-electron chi connectivity index (χ3n) is 3.57. The van der Waals surface area contributed by atoms with Gasteiger partial charge in [0.05, 0.1) is 12.5 Å². The lowest BCUT2D eigenvalue weighted by Gasteiger charge is -2.27. The van der Waals surface area contributed by atoms with Gasteiger partial charge in [-0.05, 0) is 38.8 Å². The lowest BCUT2D eigenvalue weighted by Crippen LogP contribution is -2.30. The number of nitrogens with zero attached hydrogens (tertiary/aromatic N) is 1. The first kappa shape index (κ1) is 10.7.